The third kappa shape index (κ3) is 4.62. The fraction of sp³-hybridized carbons (Fsp3) is 0.138. The number of ketones is 1. The zero-order valence-electron chi connectivity index (χ0n) is 19.6. The lowest BCUT2D eigenvalue weighted by molar-refractivity contribution is -0.122. The first-order valence-corrected chi connectivity index (χ1v) is 12.4. The molecule has 0 unspecified atom stereocenters. The molecule has 1 aromatic heterocycles. The fourth-order valence-electron chi connectivity index (χ4n) is 4.41. The predicted octanol–water partition coefficient (Wildman–Crippen LogP) is 6.31. The standard InChI is InChI=1S/C29H23FN2O3S/c1-2-20-9-6-10-24-22(17-31(27(20)24)16-19-11-13-23(30)14-12-19)15-26-28(34)32(29(35)36-26)18-25(33)21-7-4-3-5-8-21/h3-15,17H,2,16,18H2,1H3/b26-15-. The Bertz CT molecular complexity index is 1510. The van der Waals surface area contributed by atoms with Crippen molar-refractivity contribution < 1.29 is 18.8 Å². The number of aromatic nitrogens is 1. The van der Waals surface area contributed by atoms with Gasteiger partial charge in [0.25, 0.3) is 11.1 Å². The van der Waals surface area contributed by atoms with Crippen molar-refractivity contribution in [3.05, 3.63) is 112 Å². The van der Waals surface area contributed by atoms with Crippen molar-refractivity contribution in [2.75, 3.05) is 6.54 Å². The van der Waals surface area contributed by atoms with Gasteiger partial charge in [0.05, 0.1) is 17.0 Å². The summed E-state index contributed by atoms with van der Waals surface area (Å²) in [7, 11) is 0. The van der Waals surface area contributed by atoms with Crippen LogP contribution in [0.4, 0.5) is 9.18 Å². The van der Waals surface area contributed by atoms with E-state index in [4.69, 9.17) is 0 Å². The van der Waals surface area contributed by atoms with E-state index in [1.807, 2.05) is 18.3 Å². The summed E-state index contributed by atoms with van der Waals surface area (Å²) in [4.78, 5) is 39.6. The second kappa shape index (κ2) is 9.95. The highest BCUT2D eigenvalue weighted by molar-refractivity contribution is 8.18. The first-order valence-electron chi connectivity index (χ1n) is 11.6. The highest BCUT2D eigenvalue weighted by atomic mass is 32.2. The number of nitrogens with zero attached hydrogens (tertiary/aromatic N) is 2. The van der Waals surface area contributed by atoms with Gasteiger partial charge in [-0.3, -0.25) is 19.3 Å². The minimum atomic E-state index is -0.472. The zero-order chi connectivity index (χ0) is 25.2. The minimum absolute atomic E-state index is 0.281. The summed E-state index contributed by atoms with van der Waals surface area (Å²) in [6.45, 7) is 2.33. The van der Waals surface area contributed by atoms with Gasteiger partial charge in [0.1, 0.15) is 5.82 Å². The Morgan fingerprint density at radius 3 is 2.44 bits per heavy atom. The van der Waals surface area contributed by atoms with Crippen LogP contribution in [0.1, 0.15) is 34.0 Å². The van der Waals surface area contributed by atoms with Gasteiger partial charge in [-0.1, -0.05) is 67.6 Å². The number of thioether (sulfide) groups is 1. The fourth-order valence-corrected chi connectivity index (χ4v) is 5.24. The first kappa shape index (κ1) is 23.8. The maximum atomic E-state index is 13.4. The molecule has 5 rings (SSSR count). The largest absolute Gasteiger partial charge is 0.342 e. The Balaban J connectivity index is 1.48. The molecule has 1 aliphatic heterocycles. The molecule has 5 nitrogen and oxygen atoms in total. The molecule has 7 heteroatoms. The molecule has 1 aliphatic rings. The minimum Gasteiger partial charge on any atom is -0.342 e. The number of Topliss-reactive ketones (excluding diaryl/α,β-unsaturated/α-hetero) is 1. The number of carbonyl (C=O) groups is 3. The number of benzene rings is 3. The molecule has 2 amide bonds. The van der Waals surface area contributed by atoms with Crippen LogP contribution in [0.2, 0.25) is 0 Å². The van der Waals surface area contributed by atoms with Crippen molar-refractivity contribution in [1.29, 1.82) is 0 Å². The van der Waals surface area contributed by atoms with E-state index < -0.39 is 11.1 Å². The number of aryl methyl sites for hydroxylation is 1. The van der Waals surface area contributed by atoms with Crippen molar-refractivity contribution >= 4 is 45.7 Å². The number of hydrogen-bond donors (Lipinski definition) is 0. The van der Waals surface area contributed by atoms with Gasteiger partial charge in [0.2, 0.25) is 0 Å². The Labute approximate surface area is 212 Å². The monoisotopic (exact) mass is 498 g/mol. The summed E-state index contributed by atoms with van der Waals surface area (Å²) in [6, 6.07) is 21.0. The Morgan fingerprint density at radius 1 is 0.972 bits per heavy atom. The van der Waals surface area contributed by atoms with E-state index in [2.05, 4.69) is 17.6 Å². The molecule has 2 heterocycles. The number of imide groups is 1. The summed E-state index contributed by atoms with van der Waals surface area (Å²) in [6.07, 6.45) is 4.50. The number of rotatable bonds is 7. The molecule has 0 bridgehead atoms. The average molecular weight is 499 g/mol. The number of halogens is 1. The molecule has 4 aromatic rings. The average Bonchev–Trinajstić information content (AvgIpc) is 3.37. The smallest absolute Gasteiger partial charge is 0.293 e. The Morgan fingerprint density at radius 2 is 1.72 bits per heavy atom. The van der Waals surface area contributed by atoms with E-state index in [9.17, 15) is 18.8 Å². The molecule has 0 atom stereocenters. The van der Waals surface area contributed by atoms with Crippen LogP contribution in [0.3, 0.4) is 0 Å². The highest BCUT2D eigenvalue weighted by Gasteiger charge is 2.36. The normalized spacial score (nSPS) is 14.8. The molecular weight excluding hydrogens is 475 g/mol. The topological polar surface area (TPSA) is 59.4 Å². The molecule has 180 valence electrons. The summed E-state index contributed by atoms with van der Waals surface area (Å²) in [5.41, 5.74) is 4.40. The molecular formula is C29H23FN2O3S. The Hall–Kier alpha value is -3.97. The Kier molecular flexibility index (Phi) is 6.57. The van der Waals surface area contributed by atoms with Crippen LogP contribution in [-0.2, 0) is 17.8 Å². The lowest BCUT2D eigenvalue weighted by atomic mass is 10.1. The molecule has 3 aromatic carbocycles. The van der Waals surface area contributed by atoms with Crippen LogP contribution in [0.5, 0.6) is 0 Å². The lowest BCUT2D eigenvalue weighted by Gasteiger charge is -2.11. The lowest BCUT2D eigenvalue weighted by Crippen LogP contribution is -2.33. The summed E-state index contributed by atoms with van der Waals surface area (Å²) in [5, 5.41) is 0.503. The molecule has 36 heavy (non-hydrogen) atoms. The summed E-state index contributed by atoms with van der Waals surface area (Å²) < 4.78 is 15.5. The first-order chi connectivity index (χ1) is 17.4. The van der Waals surface area contributed by atoms with E-state index in [1.54, 1.807) is 48.5 Å². The number of fused-ring (bicyclic) bond motifs is 1. The van der Waals surface area contributed by atoms with Crippen LogP contribution >= 0.6 is 11.8 Å². The third-order valence-corrected chi connectivity index (χ3v) is 7.12. The number of hydrogen-bond acceptors (Lipinski definition) is 4. The van der Waals surface area contributed by atoms with Gasteiger partial charge in [-0.05, 0) is 47.5 Å². The van der Waals surface area contributed by atoms with Crippen LogP contribution in [0.25, 0.3) is 17.0 Å². The molecule has 0 N–H and O–H groups in total. The molecule has 0 aliphatic carbocycles. The summed E-state index contributed by atoms with van der Waals surface area (Å²) in [5.74, 6) is -1.05. The van der Waals surface area contributed by atoms with Gasteiger partial charge in [-0.25, -0.2) is 4.39 Å². The van der Waals surface area contributed by atoms with E-state index in [1.165, 1.54) is 12.1 Å². The van der Waals surface area contributed by atoms with Crippen LogP contribution in [0.15, 0.2) is 83.9 Å². The van der Waals surface area contributed by atoms with Gasteiger partial charge >= 0.3 is 0 Å². The van der Waals surface area contributed by atoms with E-state index in [0.29, 0.717) is 12.1 Å². The molecule has 1 saturated heterocycles. The highest BCUT2D eigenvalue weighted by Crippen LogP contribution is 2.35. The van der Waals surface area contributed by atoms with E-state index in [0.717, 1.165) is 50.7 Å². The SMILES string of the molecule is CCc1cccc2c(/C=C3\SC(=O)N(CC(=O)c4ccccc4)C3=O)cn(Cc3ccc(F)cc3)c12. The van der Waals surface area contributed by atoms with Gasteiger partial charge in [0, 0.05) is 29.3 Å². The van der Waals surface area contributed by atoms with Crippen LogP contribution in [0, 0.1) is 5.82 Å². The number of carbonyl (C=O) groups excluding carboxylic acids is 3. The van der Waals surface area contributed by atoms with Gasteiger partial charge < -0.3 is 4.57 Å². The van der Waals surface area contributed by atoms with Gasteiger partial charge in [-0.15, -0.1) is 0 Å². The maximum Gasteiger partial charge on any atom is 0.293 e. The molecule has 0 radical (unpaired) electrons. The van der Waals surface area contributed by atoms with Gasteiger partial charge in [0.15, 0.2) is 5.78 Å². The van der Waals surface area contributed by atoms with E-state index in [-0.39, 0.29) is 23.1 Å². The quantitative estimate of drug-likeness (QED) is 0.221. The summed E-state index contributed by atoms with van der Waals surface area (Å²) >= 11 is 0.843. The van der Waals surface area contributed by atoms with E-state index >= 15 is 0 Å². The molecule has 0 saturated carbocycles. The van der Waals surface area contributed by atoms with Gasteiger partial charge in [-0.2, -0.15) is 0 Å². The van der Waals surface area contributed by atoms with Crippen molar-refractivity contribution in [1.82, 2.24) is 9.47 Å². The zero-order valence-corrected chi connectivity index (χ0v) is 20.4. The molecule has 1 fully saturated rings. The van der Waals surface area contributed by atoms with Crippen molar-refractivity contribution in [2.24, 2.45) is 0 Å². The second-order valence-corrected chi connectivity index (χ2v) is 9.56. The predicted molar refractivity (Wildman–Crippen MR) is 140 cm³/mol. The van der Waals surface area contributed by atoms with Crippen LogP contribution in [-0.4, -0.2) is 32.9 Å². The third-order valence-electron chi connectivity index (χ3n) is 6.22. The van der Waals surface area contributed by atoms with Crippen molar-refractivity contribution in [3.8, 4) is 0 Å². The number of para-hydroxylation sites is 1. The van der Waals surface area contributed by atoms with Crippen molar-refractivity contribution in [2.45, 2.75) is 19.9 Å². The molecule has 0 spiro atoms. The van der Waals surface area contributed by atoms with Crippen LogP contribution < -0.4 is 0 Å². The second-order valence-electron chi connectivity index (χ2n) is 8.56. The van der Waals surface area contributed by atoms with Crippen molar-refractivity contribution in [3.63, 3.8) is 0 Å². The maximum absolute atomic E-state index is 13.4. The number of amides is 2.